The molecule has 0 saturated heterocycles. The van der Waals surface area contributed by atoms with E-state index in [0.29, 0.717) is 5.56 Å². The lowest BCUT2D eigenvalue weighted by Gasteiger charge is -2.12. The molecule has 2 heterocycles. The van der Waals surface area contributed by atoms with E-state index in [4.69, 9.17) is 25.8 Å². The van der Waals surface area contributed by atoms with Crippen molar-refractivity contribution in [2.45, 2.75) is 39.4 Å². The number of aromatic nitrogens is 2. The minimum absolute atomic E-state index is 0.192. The number of benzene rings is 2. The molecule has 32 heavy (non-hydrogen) atoms. The Morgan fingerprint density at radius 2 is 1.78 bits per heavy atom. The summed E-state index contributed by atoms with van der Waals surface area (Å²) in [5.74, 6) is 0.192. The molecule has 0 aliphatic heterocycles. The molecule has 0 saturated carbocycles. The van der Waals surface area contributed by atoms with Gasteiger partial charge in [0.1, 0.15) is 0 Å². The quantitative estimate of drug-likeness (QED) is 0.337. The van der Waals surface area contributed by atoms with Crippen LogP contribution in [-0.2, 0) is 28.9 Å². The van der Waals surface area contributed by atoms with Gasteiger partial charge in [0.05, 0.1) is 30.0 Å². The summed E-state index contributed by atoms with van der Waals surface area (Å²) in [6.45, 7) is 3.77. The average molecular weight is 453 g/mol. The highest BCUT2D eigenvalue weighted by Gasteiger charge is 2.19. The third-order valence-corrected chi connectivity index (χ3v) is 5.43. The maximum absolute atomic E-state index is 12.1. The first-order valence-electron chi connectivity index (χ1n) is 10.5. The second-order valence-electron chi connectivity index (χ2n) is 7.91. The zero-order chi connectivity index (χ0) is 22.7. The third-order valence-electron chi connectivity index (χ3n) is 5.18. The number of hydrogen-bond acceptors (Lipinski definition) is 5. The molecular weight excluding hydrogens is 428 g/mol. The van der Waals surface area contributed by atoms with Crippen LogP contribution in [0.15, 0.2) is 48.7 Å². The molecule has 0 amide bonds. The number of carbonyl (C=O) groups excluding carboxylic acids is 1. The molecular formula is C25H25ClN2O4. The van der Waals surface area contributed by atoms with Gasteiger partial charge in [-0.3, -0.25) is 0 Å². The highest BCUT2D eigenvalue weighted by molar-refractivity contribution is 6.30. The number of nitrogens with one attached hydrogen (secondary N) is 1. The van der Waals surface area contributed by atoms with E-state index < -0.39 is 6.16 Å². The fourth-order valence-electron chi connectivity index (χ4n) is 3.75. The van der Waals surface area contributed by atoms with Gasteiger partial charge in [0, 0.05) is 28.4 Å². The lowest BCUT2D eigenvalue weighted by atomic mass is 10.0. The first kappa shape index (κ1) is 22.1. The van der Waals surface area contributed by atoms with E-state index in [1.54, 1.807) is 27.2 Å². The molecule has 2 aromatic carbocycles. The van der Waals surface area contributed by atoms with E-state index in [1.165, 1.54) is 11.1 Å². The molecule has 0 unspecified atom stereocenters. The van der Waals surface area contributed by atoms with Gasteiger partial charge in [0.2, 0.25) is 5.88 Å². The Hall–Kier alpha value is -3.09. The molecule has 0 bridgehead atoms. The monoisotopic (exact) mass is 452 g/mol. The van der Waals surface area contributed by atoms with Crippen LogP contribution in [-0.4, -0.2) is 29.3 Å². The van der Waals surface area contributed by atoms with Crippen molar-refractivity contribution >= 4 is 39.6 Å². The number of fused-ring (bicyclic) bond motifs is 3. The molecule has 0 aliphatic rings. The third kappa shape index (κ3) is 4.87. The Kier molecular flexibility index (Phi) is 6.63. The lowest BCUT2D eigenvalue weighted by Crippen LogP contribution is -2.17. The summed E-state index contributed by atoms with van der Waals surface area (Å²) >= 11 is 5.99. The highest BCUT2D eigenvalue weighted by atomic mass is 35.5. The molecule has 0 atom stereocenters. The van der Waals surface area contributed by atoms with Crippen LogP contribution in [0.4, 0.5) is 4.79 Å². The van der Waals surface area contributed by atoms with Crippen LogP contribution in [0, 0.1) is 0 Å². The molecule has 0 aliphatic carbocycles. The molecule has 0 fully saturated rings. The number of aryl methyl sites for hydroxylation is 2. The van der Waals surface area contributed by atoms with Crippen molar-refractivity contribution in [3.05, 3.63) is 70.4 Å². The number of aromatic amines is 1. The van der Waals surface area contributed by atoms with E-state index in [2.05, 4.69) is 40.3 Å². The number of rotatable bonds is 7. The van der Waals surface area contributed by atoms with E-state index in [9.17, 15) is 4.79 Å². The Balaban J connectivity index is 1.70. The van der Waals surface area contributed by atoms with Crippen molar-refractivity contribution in [2.75, 3.05) is 7.11 Å². The SMILES string of the molecule is COCc1c(OC(=O)OC(C)C)ncc2[nH]c3ccc(CCc4ccc(Cl)cc4)cc3c12. The summed E-state index contributed by atoms with van der Waals surface area (Å²) < 4.78 is 15.9. The summed E-state index contributed by atoms with van der Waals surface area (Å²) in [5.41, 5.74) is 4.97. The maximum atomic E-state index is 12.1. The van der Waals surface area contributed by atoms with Crippen molar-refractivity contribution in [2.24, 2.45) is 0 Å². The number of ether oxygens (including phenoxy) is 3. The van der Waals surface area contributed by atoms with Gasteiger partial charge in [-0.1, -0.05) is 29.8 Å². The number of hydrogen-bond donors (Lipinski definition) is 1. The Labute approximate surface area is 191 Å². The smallest absolute Gasteiger partial charge is 0.431 e. The fourth-order valence-corrected chi connectivity index (χ4v) is 3.87. The predicted octanol–water partition coefficient (Wildman–Crippen LogP) is 6.22. The summed E-state index contributed by atoms with van der Waals surface area (Å²) in [5, 5.41) is 2.70. The fraction of sp³-hybridized carbons (Fsp3) is 0.280. The number of methoxy groups -OCH3 is 1. The van der Waals surface area contributed by atoms with Crippen molar-refractivity contribution in [3.8, 4) is 5.88 Å². The van der Waals surface area contributed by atoms with E-state index >= 15 is 0 Å². The molecule has 0 radical (unpaired) electrons. The summed E-state index contributed by atoms with van der Waals surface area (Å²) in [7, 11) is 1.60. The number of carbonyl (C=O) groups is 1. The summed E-state index contributed by atoms with van der Waals surface area (Å²) in [6, 6.07) is 14.3. The van der Waals surface area contributed by atoms with Gasteiger partial charge in [0.15, 0.2) is 0 Å². The van der Waals surface area contributed by atoms with Crippen LogP contribution in [0.2, 0.25) is 5.02 Å². The number of nitrogens with zero attached hydrogens (tertiary/aromatic N) is 1. The van der Waals surface area contributed by atoms with Gasteiger partial charge in [0.25, 0.3) is 0 Å². The molecule has 4 aromatic rings. The van der Waals surface area contributed by atoms with E-state index in [-0.39, 0.29) is 18.6 Å². The largest absolute Gasteiger partial charge is 0.515 e. The molecule has 1 N–H and O–H groups in total. The Morgan fingerprint density at radius 1 is 1.06 bits per heavy atom. The average Bonchev–Trinajstić information content (AvgIpc) is 3.12. The van der Waals surface area contributed by atoms with Crippen LogP contribution in [0.1, 0.15) is 30.5 Å². The van der Waals surface area contributed by atoms with Crippen molar-refractivity contribution < 1.29 is 19.0 Å². The van der Waals surface area contributed by atoms with Crippen LogP contribution < -0.4 is 4.74 Å². The van der Waals surface area contributed by atoms with Crippen molar-refractivity contribution in [1.82, 2.24) is 9.97 Å². The minimum atomic E-state index is -0.785. The van der Waals surface area contributed by atoms with Crippen molar-refractivity contribution in [3.63, 3.8) is 0 Å². The number of H-pyrrole nitrogens is 1. The standard InChI is InChI=1S/C25H25ClN2O4/c1-15(2)31-25(29)32-24-20(14-30-3)23-19-12-17(5-4-16-6-9-18(26)10-7-16)8-11-21(19)28-22(23)13-27-24/h6-13,15,28H,4-5,14H2,1-3H3. The van der Waals surface area contributed by atoms with Gasteiger partial charge >= 0.3 is 6.16 Å². The van der Waals surface area contributed by atoms with Crippen molar-refractivity contribution in [1.29, 1.82) is 0 Å². The van der Waals surface area contributed by atoms with Crippen LogP contribution >= 0.6 is 11.6 Å². The van der Waals surface area contributed by atoms with Gasteiger partial charge in [-0.15, -0.1) is 0 Å². The summed E-state index contributed by atoms with van der Waals surface area (Å²) in [4.78, 5) is 19.8. The van der Waals surface area contributed by atoms with Gasteiger partial charge in [-0.2, -0.15) is 0 Å². The van der Waals surface area contributed by atoms with Crippen LogP contribution in [0.3, 0.4) is 0 Å². The first-order chi connectivity index (χ1) is 15.4. The normalized spacial score (nSPS) is 11.4. The minimum Gasteiger partial charge on any atom is -0.431 e. The Morgan fingerprint density at radius 3 is 2.50 bits per heavy atom. The van der Waals surface area contributed by atoms with Gasteiger partial charge in [-0.05, 0) is 62.1 Å². The zero-order valence-corrected chi connectivity index (χ0v) is 19.0. The molecule has 7 heteroatoms. The molecule has 166 valence electrons. The highest BCUT2D eigenvalue weighted by Crippen LogP contribution is 2.34. The predicted molar refractivity (Wildman–Crippen MR) is 125 cm³/mol. The van der Waals surface area contributed by atoms with E-state index in [1.807, 2.05) is 12.1 Å². The Bertz CT molecular complexity index is 1250. The second kappa shape index (κ2) is 9.59. The molecule has 2 aromatic heterocycles. The molecule has 6 nitrogen and oxygen atoms in total. The topological polar surface area (TPSA) is 73.4 Å². The van der Waals surface area contributed by atoms with Crippen LogP contribution in [0.25, 0.3) is 21.8 Å². The molecule has 4 rings (SSSR count). The van der Waals surface area contributed by atoms with E-state index in [0.717, 1.165) is 39.7 Å². The zero-order valence-electron chi connectivity index (χ0n) is 18.3. The van der Waals surface area contributed by atoms with Gasteiger partial charge < -0.3 is 19.2 Å². The maximum Gasteiger partial charge on any atom is 0.515 e. The lowest BCUT2D eigenvalue weighted by molar-refractivity contribution is 0.0705. The van der Waals surface area contributed by atoms with Crippen LogP contribution in [0.5, 0.6) is 5.88 Å². The second-order valence-corrected chi connectivity index (χ2v) is 8.35. The number of halogens is 1. The first-order valence-corrected chi connectivity index (χ1v) is 10.9. The molecule has 0 spiro atoms. The number of pyridine rings is 1. The summed E-state index contributed by atoms with van der Waals surface area (Å²) in [6.07, 6.45) is 2.40. The van der Waals surface area contributed by atoms with Gasteiger partial charge in [-0.25, -0.2) is 9.78 Å².